The first-order chi connectivity index (χ1) is 65.8. The van der Waals surface area contributed by atoms with Gasteiger partial charge in [0.15, 0.2) is 40.8 Å². The highest BCUT2D eigenvalue weighted by atomic mass is 16.3. The van der Waals surface area contributed by atoms with Gasteiger partial charge in [-0.1, -0.05) is 406 Å². The number of aromatic nitrogens is 8. The Balaban J connectivity index is 0.000000113. The number of furan rings is 3. The Kier molecular flexibility index (Phi) is 21.1. The summed E-state index contributed by atoms with van der Waals surface area (Å²) in [5.74, 6) is 4.53. The molecule has 0 aliphatic carbocycles. The number of hydrogen-bond acceptors (Lipinski definition) is 11. The molecule has 0 aliphatic rings. The van der Waals surface area contributed by atoms with Crippen molar-refractivity contribution in [2.24, 2.45) is 0 Å². The van der Waals surface area contributed by atoms with Crippen LogP contribution in [0, 0.1) is 0 Å². The van der Waals surface area contributed by atoms with E-state index >= 15 is 0 Å². The van der Waals surface area contributed by atoms with E-state index in [4.69, 9.17) is 53.1 Å². The van der Waals surface area contributed by atoms with Crippen LogP contribution in [0.2, 0.25) is 0 Å². The van der Waals surface area contributed by atoms with Crippen LogP contribution in [0.15, 0.2) is 486 Å². The van der Waals surface area contributed by atoms with E-state index < -0.39 is 0 Å². The van der Waals surface area contributed by atoms with Gasteiger partial charge < -0.3 is 13.3 Å². The van der Waals surface area contributed by atoms with Crippen LogP contribution in [0.4, 0.5) is 0 Å². The van der Waals surface area contributed by atoms with Gasteiger partial charge in [0.1, 0.15) is 33.5 Å². The van der Waals surface area contributed by atoms with Crippen LogP contribution in [0.1, 0.15) is 0 Å². The molecule has 11 heteroatoms. The lowest BCUT2D eigenvalue weighted by molar-refractivity contribution is 0.668. The van der Waals surface area contributed by atoms with Crippen LogP contribution in [-0.2, 0) is 0 Å². The molecule has 6 heterocycles. The van der Waals surface area contributed by atoms with Crippen molar-refractivity contribution >= 4 is 76.6 Å². The van der Waals surface area contributed by atoms with E-state index in [1.54, 1.807) is 0 Å². The van der Waals surface area contributed by atoms with E-state index in [2.05, 4.69) is 322 Å². The average molecular weight is 1700 g/mol. The summed E-state index contributed by atoms with van der Waals surface area (Å²) in [5.41, 5.74) is 29.5. The van der Waals surface area contributed by atoms with E-state index in [9.17, 15) is 0 Å². The average Bonchev–Trinajstić information content (AvgIpc) is 1.74. The molecule has 0 atom stereocenters. The quantitative estimate of drug-likeness (QED) is 0.0968. The zero-order chi connectivity index (χ0) is 88.3. The van der Waals surface area contributed by atoms with Crippen molar-refractivity contribution in [2.75, 3.05) is 0 Å². The van der Waals surface area contributed by atoms with Crippen LogP contribution in [0.5, 0.6) is 0 Å². The maximum atomic E-state index is 6.24. The van der Waals surface area contributed by atoms with Gasteiger partial charge in [0.05, 0.1) is 11.4 Å². The third-order valence-corrected chi connectivity index (χ3v) is 24.5. The molecule has 25 rings (SSSR count). The summed E-state index contributed by atoms with van der Waals surface area (Å²) >= 11 is 0. The van der Waals surface area contributed by atoms with Crippen molar-refractivity contribution in [2.45, 2.75) is 0 Å². The molecule has 0 saturated carbocycles. The Labute approximate surface area is 766 Å². The summed E-state index contributed by atoms with van der Waals surface area (Å²) in [6, 6.07) is 162. The summed E-state index contributed by atoms with van der Waals surface area (Å²) in [5, 5.41) is 8.97. The Bertz CT molecular complexity index is 8230. The zero-order valence-corrected chi connectivity index (χ0v) is 71.8. The minimum atomic E-state index is 0.635. The molecule has 0 N–H and O–H groups in total. The smallest absolute Gasteiger partial charge is 0.164 e. The van der Waals surface area contributed by atoms with Crippen molar-refractivity contribution in [3.05, 3.63) is 473 Å². The Hall–Kier alpha value is -18.1. The molecule has 0 saturated heterocycles. The number of nitrogens with zero attached hydrogens (tertiary/aromatic N) is 8. The Morgan fingerprint density at radius 2 is 0.316 bits per heavy atom. The summed E-state index contributed by atoms with van der Waals surface area (Å²) in [6.45, 7) is 0. The van der Waals surface area contributed by atoms with Crippen molar-refractivity contribution in [3.8, 4) is 169 Å². The lowest BCUT2D eigenvalue weighted by Crippen LogP contribution is -2.00. The van der Waals surface area contributed by atoms with Crippen molar-refractivity contribution in [3.63, 3.8) is 0 Å². The molecule has 0 amide bonds. The standard InChI is InChI=1S/C43H27N3O.C40H26N2O.C39H25N3O/c1-3-11-28(12-4-1)29-19-21-31(22-20-29)42-44-41(30-13-5-2-6-14-30)45-43(46-42)38-26-25-33(34-15-7-8-16-35(34)38)32-23-24-37-36-17-9-10-18-39(36)47-40(37)27-32;1-3-9-27(10-4-1)28-15-19-31(20-16-28)37-26-36(30-11-5-2-6-12-30)41-40(42-37)32-21-17-29(18-22-32)33-23-24-35-34-13-7-8-14-38(34)43-39(35)25-33;1-3-9-26(10-4-1)27-15-19-30(20-16-27)38-40-37(29-11-5-2-6-12-29)41-39(42-38)31-21-17-28(18-22-31)32-23-24-34-33-13-7-8-14-35(33)43-36(34)25-32/h1-27H;1-26H;1-25H. The fourth-order valence-corrected chi connectivity index (χ4v) is 17.6. The molecule has 19 aromatic carbocycles. The van der Waals surface area contributed by atoms with Crippen molar-refractivity contribution < 1.29 is 13.3 Å². The second-order valence-electron chi connectivity index (χ2n) is 32.8. The highest BCUT2D eigenvalue weighted by Gasteiger charge is 2.21. The molecule has 25 aromatic rings. The Morgan fingerprint density at radius 1 is 0.113 bits per heavy atom. The van der Waals surface area contributed by atoms with Gasteiger partial charge in [-0.15, -0.1) is 0 Å². The first-order valence-corrected chi connectivity index (χ1v) is 44.4. The van der Waals surface area contributed by atoms with Crippen molar-refractivity contribution in [1.82, 2.24) is 39.9 Å². The van der Waals surface area contributed by atoms with Crippen LogP contribution in [0.3, 0.4) is 0 Å². The van der Waals surface area contributed by atoms with Gasteiger partial charge in [-0.2, -0.15) is 0 Å². The number of para-hydroxylation sites is 3. The molecular weight excluding hydrogens is 1630 g/mol. The van der Waals surface area contributed by atoms with Crippen LogP contribution in [0.25, 0.3) is 246 Å². The minimum absolute atomic E-state index is 0.635. The minimum Gasteiger partial charge on any atom is -0.456 e. The number of rotatable bonds is 15. The topological polar surface area (TPSA) is 143 Å². The van der Waals surface area contributed by atoms with Crippen LogP contribution >= 0.6 is 0 Å². The lowest BCUT2D eigenvalue weighted by Gasteiger charge is -2.13. The van der Waals surface area contributed by atoms with Gasteiger partial charge in [-0.25, -0.2) is 39.9 Å². The molecule has 624 valence electrons. The van der Waals surface area contributed by atoms with Crippen LogP contribution < -0.4 is 0 Å². The lowest BCUT2D eigenvalue weighted by atomic mass is 9.94. The zero-order valence-electron chi connectivity index (χ0n) is 71.8. The van der Waals surface area contributed by atoms with Crippen molar-refractivity contribution in [1.29, 1.82) is 0 Å². The summed E-state index contributed by atoms with van der Waals surface area (Å²) < 4.78 is 18.5. The van der Waals surface area contributed by atoms with Gasteiger partial charge in [0, 0.05) is 82.4 Å². The van der Waals surface area contributed by atoms with Gasteiger partial charge in [-0.05, 0) is 144 Å². The maximum Gasteiger partial charge on any atom is 0.164 e. The molecular formula is C122H78N8O3. The number of fused-ring (bicyclic) bond motifs is 10. The van der Waals surface area contributed by atoms with Gasteiger partial charge in [-0.3, -0.25) is 0 Å². The third-order valence-electron chi connectivity index (χ3n) is 24.5. The van der Waals surface area contributed by atoms with E-state index in [1.807, 2.05) is 152 Å². The fourth-order valence-electron chi connectivity index (χ4n) is 17.6. The molecule has 0 bridgehead atoms. The maximum absolute atomic E-state index is 6.24. The normalized spacial score (nSPS) is 11.3. The van der Waals surface area contributed by atoms with Gasteiger partial charge >= 0.3 is 0 Å². The molecule has 6 aromatic heterocycles. The molecule has 0 fully saturated rings. The molecule has 11 nitrogen and oxygen atoms in total. The van der Waals surface area contributed by atoms with E-state index in [0.29, 0.717) is 40.8 Å². The third kappa shape index (κ3) is 16.3. The fraction of sp³-hybridized carbons (Fsp3) is 0. The number of benzene rings is 19. The van der Waals surface area contributed by atoms with Gasteiger partial charge in [0.2, 0.25) is 0 Å². The first kappa shape index (κ1) is 79.6. The predicted molar refractivity (Wildman–Crippen MR) is 543 cm³/mol. The van der Waals surface area contributed by atoms with E-state index in [1.165, 1.54) is 22.3 Å². The SMILES string of the molecule is c1ccc(-c2ccc(-c3cc(-c4ccccc4)nc(-c4ccc(-c5ccc6c(c5)oc5ccccc56)cc4)n3)cc2)cc1.c1ccc(-c2ccc(-c3nc(-c4ccccc4)nc(-c4ccc(-c5ccc6c(c5)oc5ccccc56)c5ccccc45)n3)cc2)cc1.c1ccc(-c2ccc(-c3nc(-c4ccccc4)nc(-c4ccc(-c5ccc6c(c5)oc5ccccc56)cc4)n3)cc2)cc1. The van der Waals surface area contributed by atoms with E-state index in [0.717, 1.165) is 183 Å². The molecule has 0 aliphatic heterocycles. The number of hydrogen-bond donors (Lipinski definition) is 0. The molecule has 0 radical (unpaired) electrons. The highest BCUT2D eigenvalue weighted by molar-refractivity contribution is 6.10. The van der Waals surface area contributed by atoms with Crippen LogP contribution in [-0.4, -0.2) is 39.9 Å². The molecule has 0 spiro atoms. The molecule has 133 heavy (non-hydrogen) atoms. The predicted octanol–water partition coefficient (Wildman–Crippen LogP) is 32.1. The largest absolute Gasteiger partial charge is 0.456 e. The Morgan fingerprint density at radius 3 is 0.662 bits per heavy atom. The highest BCUT2D eigenvalue weighted by Crippen LogP contribution is 2.42. The van der Waals surface area contributed by atoms with Gasteiger partial charge in [0.25, 0.3) is 0 Å². The summed E-state index contributed by atoms with van der Waals surface area (Å²) in [6.07, 6.45) is 0. The molecule has 0 unspecified atom stereocenters. The first-order valence-electron chi connectivity index (χ1n) is 44.4. The summed E-state index contributed by atoms with van der Waals surface area (Å²) in [7, 11) is 0. The summed E-state index contributed by atoms with van der Waals surface area (Å²) in [4.78, 5) is 39.8. The second-order valence-corrected chi connectivity index (χ2v) is 32.8. The monoisotopic (exact) mass is 1700 g/mol. The van der Waals surface area contributed by atoms with E-state index in [-0.39, 0.29) is 0 Å². The second kappa shape index (κ2) is 35.3.